The largest absolute Gasteiger partial charge is 0.320 e. The van der Waals surface area contributed by atoms with Crippen molar-refractivity contribution in [3.63, 3.8) is 0 Å². The lowest BCUT2D eigenvalue weighted by Crippen LogP contribution is -2.03. The fourth-order valence-electron chi connectivity index (χ4n) is 2.82. The summed E-state index contributed by atoms with van der Waals surface area (Å²) in [6.45, 7) is 1.18. The van der Waals surface area contributed by atoms with Crippen molar-refractivity contribution in [2.24, 2.45) is 7.05 Å². The summed E-state index contributed by atoms with van der Waals surface area (Å²) < 4.78 is 29.6. The summed E-state index contributed by atoms with van der Waals surface area (Å²) in [5, 5.41) is 13.9. The predicted molar refractivity (Wildman–Crippen MR) is 91.8 cm³/mol. The lowest BCUT2D eigenvalue weighted by atomic mass is 10.0. The van der Waals surface area contributed by atoms with E-state index in [1.807, 2.05) is 19.9 Å². The summed E-state index contributed by atoms with van der Waals surface area (Å²) in [5.74, 6) is 0.0959. The number of imidazole rings is 1. The number of halogens is 2. The highest BCUT2D eigenvalue weighted by Crippen LogP contribution is 2.29. The van der Waals surface area contributed by atoms with Gasteiger partial charge in [0.1, 0.15) is 6.07 Å². The van der Waals surface area contributed by atoms with Gasteiger partial charge in [-0.25, -0.2) is 4.98 Å². The molecule has 0 fully saturated rings. The van der Waals surface area contributed by atoms with Crippen molar-refractivity contribution in [2.45, 2.75) is 26.3 Å². The zero-order chi connectivity index (χ0) is 18.1. The van der Waals surface area contributed by atoms with E-state index in [-0.39, 0.29) is 17.3 Å². The number of hydrogen-bond donors (Lipinski definition) is 0. The summed E-state index contributed by atoms with van der Waals surface area (Å²) >= 11 is 0. The molecule has 5 nitrogen and oxygen atoms in total. The van der Waals surface area contributed by atoms with E-state index in [9.17, 15) is 14.0 Å². The fourth-order valence-corrected chi connectivity index (χ4v) is 2.82. The first-order valence-electron chi connectivity index (χ1n) is 7.83. The van der Waals surface area contributed by atoms with Crippen molar-refractivity contribution >= 4 is 22.7 Å². The Hall–Kier alpha value is -3.01. The molecule has 1 aromatic carbocycles. The number of nitriles is 1. The SMILES string of the molecule is CC(C)c1nn(C)cc1/C=C(/C#N)c1nc2ccccc2n1C(F)F. The topological polar surface area (TPSA) is 59.4 Å². The maximum atomic E-state index is 13.6. The van der Waals surface area contributed by atoms with Gasteiger partial charge in [0.25, 0.3) is 0 Å². The molecule has 7 heteroatoms. The second-order valence-electron chi connectivity index (χ2n) is 6.04. The highest BCUT2D eigenvalue weighted by Gasteiger charge is 2.21. The molecule has 128 valence electrons. The molecule has 0 amide bonds. The molecule has 0 bridgehead atoms. The minimum absolute atomic E-state index is 0.0442. The number of nitrogens with zero attached hydrogens (tertiary/aromatic N) is 5. The lowest BCUT2D eigenvalue weighted by Gasteiger charge is -2.07. The molecule has 0 N–H and O–H groups in total. The predicted octanol–water partition coefficient (Wildman–Crippen LogP) is 4.35. The molecule has 0 aliphatic heterocycles. The van der Waals surface area contributed by atoms with E-state index in [1.54, 1.807) is 48.3 Å². The number of rotatable bonds is 4. The monoisotopic (exact) mass is 341 g/mol. The lowest BCUT2D eigenvalue weighted by molar-refractivity contribution is 0.0738. The third-order valence-corrected chi connectivity index (χ3v) is 3.89. The van der Waals surface area contributed by atoms with Crippen molar-refractivity contribution in [1.82, 2.24) is 19.3 Å². The van der Waals surface area contributed by atoms with Crippen LogP contribution in [0.25, 0.3) is 22.7 Å². The van der Waals surface area contributed by atoms with E-state index < -0.39 is 6.55 Å². The second-order valence-corrected chi connectivity index (χ2v) is 6.04. The zero-order valence-electron chi connectivity index (χ0n) is 14.1. The Kier molecular flexibility index (Phi) is 4.36. The van der Waals surface area contributed by atoms with Gasteiger partial charge >= 0.3 is 6.55 Å². The molecule has 0 aliphatic rings. The molecule has 3 rings (SSSR count). The minimum Gasteiger partial charge on any atom is -0.275 e. The number of para-hydroxylation sites is 2. The Morgan fingerprint density at radius 1 is 1.28 bits per heavy atom. The minimum atomic E-state index is -2.79. The fraction of sp³-hybridized carbons (Fsp3) is 0.278. The van der Waals surface area contributed by atoms with Crippen LogP contribution in [0.3, 0.4) is 0 Å². The van der Waals surface area contributed by atoms with Crippen LogP contribution in [-0.4, -0.2) is 19.3 Å². The van der Waals surface area contributed by atoms with Crippen molar-refractivity contribution in [2.75, 3.05) is 0 Å². The molecule has 0 saturated heterocycles. The van der Waals surface area contributed by atoms with Crippen LogP contribution in [0.15, 0.2) is 30.5 Å². The number of alkyl halides is 2. The van der Waals surface area contributed by atoms with Gasteiger partial charge in [-0.05, 0) is 24.1 Å². The number of aromatic nitrogens is 4. The van der Waals surface area contributed by atoms with Gasteiger partial charge in [0, 0.05) is 18.8 Å². The van der Waals surface area contributed by atoms with Gasteiger partial charge in [0.15, 0.2) is 5.82 Å². The van der Waals surface area contributed by atoms with Crippen LogP contribution < -0.4 is 0 Å². The molecule has 2 heterocycles. The van der Waals surface area contributed by atoms with Crippen molar-refractivity contribution in [3.05, 3.63) is 47.5 Å². The standard InChI is InChI=1S/C18H17F2N5/c1-11(2)16-13(10-24(3)23-16)8-12(9-21)17-22-14-6-4-5-7-15(14)25(17)18(19)20/h4-8,10-11,18H,1-3H3/b12-8-. The van der Waals surface area contributed by atoms with E-state index >= 15 is 0 Å². The van der Waals surface area contributed by atoms with Gasteiger partial charge in [-0.3, -0.25) is 9.25 Å². The molecule has 0 radical (unpaired) electrons. The normalized spacial score (nSPS) is 12.3. The van der Waals surface area contributed by atoms with E-state index in [0.29, 0.717) is 11.0 Å². The molecule has 2 aromatic heterocycles. The van der Waals surface area contributed by atoms with Gasteiger partial charge in [0.05, 0.1) is 22.3 Å². The molecule has 25 heavy (non-hydrogen) atoms. The quantitative estimate of drug-likeness (QED) is 0.663. The summed E-state index contributed by atoms with van der Waals surface area (Å²) in [4.78, 5) is 4.25. The molecular weight excluding hydrogens is 324 g/mol. The highest BCUT2D eigenvalue weighted by atomic mass is 19.3. The number of aryl methyl sites for hydroxylation is 1. The van der Waals surface area contributed by atoms with Crippen molar-refractivity contribution in [1.29, 1.82) is 5.26 Å². The Morgan fingerprint density at radius 2 is 2.00 bits per heavy atom. The summed E-state index contributed by atoms with van der Waals surface area (Å²) in [5.41, 5.74) is 2.32. The zero-order valence-corrected chi connectivity index (χ0v) is 14.1. The highest BCUT2D eigenvalue weighted by molar-refractivity contribution is 5.91. The van der Waals surface area contributed by atoms with Gasteiger partial charge in [-0.15, -0.1) is 0 Å². The Bertz CT molecular complexity index is 989. The summed E-state index contributed by atoms with van der Waals surface area (Å²) in [7, 11) is 1.78. The Labute approximate surface area is 143 Å². The number of fused-ring (bicyclic) bond motifs is 1. The van der Waals surface area contributed by atoms with Crippen LogP contribution in [0.5, 0.6) is 0 Å². The maximum Gasteiger partial charge on any atom is 0.320 e. The second kappa shape index (κ2) is 6.48. The van der Waals surface area contributed by atoms with Crippen LogP contribution in [0.4, 0.5) is 8.78 Å². The smallest absolute Gasteiger partial charge is 0.275 e. The third kappa shape index (κ3) is 3.03. The van der Waals surface area contributed by atoms with Crippen LogP contribution in [0, 0.1) is 11.3 Å². The maximum absolute atomic E-state index is 13.6. The first-order valence-corrected chi connectivity index (χ1v) is 7.83. The van der Waals surface area contributed by atoms with Crippen molar-refractivity contribution < 1.29 is 8.78 Å². The van der Waals surface area contributed by atoms with Gasteiger partial charge in [0.2, 0.25) is 0 Å². The number of hydrogen-bond acceptors (Lipinski definition) is 3. The van der Waals surface area contributed by atoms with E-state index in [2.05, 4.69) is 10.1 Å². The first-order chi connectivity index (χ1) is 11.9. The Morgan fingerprint density at radius 3 is 2.64 bits per heavy atom. The first kappa shape index (κ1) is 16.8. The average molecular weight is 341 g/mol. The summed E-state index contributed by atoms with van der Waals surface area (Å²) in [6, 6.07) is 8.61. The molecule has 0 unspecified atom stereocenters. The van der Waals surface area contributed by atoms with Crippen LogP contribution >= 0.6 is 0 Å². The molecule has 0 spiro atoms. The van der Waals surface area contributed by atoms with Crippen LogP contribution in [-0.2, 0) is 7.05 Å². The number of allylic oxidation sites excluding steroid dienone is 1. The van der Waals surface area contributed by atoms with E-state index in [1.165, 1.54) is 0 Å². The molecule has 3 aromatic rings. The molecule has 0 saturated carbocycles. The van der Waals surface area contributed by atoms with Crippen LogP contribution in [0.2, 0.25) is 0 Å². The van der Waals surface area contributed by atoms with Gasteiger partial charge < -0.3 is 0 Å². The molecule has 0 aliphatic carbocycles. The Balaban J connectivity index is 2.22. The van der Waals surface area contributed by atoms with E-state index in [4.69, 9.17) is 0 Å². The average Bonchev–Trinajstić information content (AvgIpc) is 3.12. The van der Waals surface area contributed by atoms with E-state index in [0.717, 1.165) is 15.8 Å². The third-order valence-electron chi connectivity index (χ3n) is 3.89. The van der Waals surface area contributed by atoms with Gasteiger partial charge in [-0.2, -0.15) is 19.1 Å². The summed E-state index contributed by atoms with van der Waals surface area (Å²) in [6.07, 6.45) is 3.34. The molecule has 0 atom stereocenters. The molecular formula is C18H17F2N5. The number of benzene rings is 1. The van der Waals surface area contributed by atoms with Crippen molar-refractivity contribution in [3.8, 4) is 6.07 Å². The van der Waals surface area contributed by atoms with Crippen LogP contribution in [0.1, 0.15) is 43.4 Å². The van der Waals surface area contributed by atoms with Gasteiger partial charge in [-0.1, -0.05) is 26.0 Å².